The smallest absolute Gasteiger partial charge is 0.269 e. The average Bonchev–Trinajstić information content (AvgIpc) is 2.37. The van der Waals surface area contributed by atoms with Gasteiger partial charge in [0.2, 0.25) is 5.95 Å². The van der Waals surface area contributed by atoms with E-state index in [9.17, 15) is 9.18 Å². The second kappa shape index (κ2) is 7.84. The van der Waals surface area contributed by atoms with Crippen LogP contribution in [0.25, 0.3) is 0 Å². The number of hydrogen-bond acceptors (Lipinski definition) is 3. The molecule has 5 heteroatoms. The van der Waals surface area contributed by atoms with Gasteiger partial charge in [-0.25, -0.2) is 4.98 Å². The van der Waals surface area contributed by atoms with E-state index in [1.807, 2.05) is 0 Å². The fourth-order valence-corrected chi connectivity index (χ4v) is 1.57. The predicted molar refractivity (Wildman–Crippen MR) is 73.5 cm³/mol. The highest BCUT2D eigenvalue weighted by Gasteiger charge is 2.07. The second-order valence-electron chi connectivity index (χ2n) is 4.88. The van der Waals surface area contributed by atoms with Crippen molar-refractivity contribution < 1.29 is 9.18 Å². The zero-order chi connectivity index (χ0) is 14.3. The molecule has 0 atom stereocenters. The number of carbonyl (C=O) groups excluding carboxylic acids is 1. The Morgan fingerprint density at radius 1 is 1.42 bits per heavy atom. The van der Waals surface area contributed by atoms with Gasteiger partial charge in [-0.05, 0) is 52.4 Å². The quantitative estimate of drug-likeness (QED) is 0.607. The molecule has 0 saturated carbocycles. The molecule has 1 amide bonds. The molecule has 0 saturated heterocycles. The largest absolute Gasteiger partial charge is 0.351 e. The van der Waals surface area contributed by atoms with E-state index in [1.165, 1.54) is 18.2 Å². The molecule has 1 aromatic heterocycles. The lowest BCUT2D eigenvalue weighted by molar-refractivity contribution is 0.0946. The van der Waals surface area contributed by atoms with Crippen molar-refractivity contribution in [3.05, 3.63) is 29.8 Å². The summed E-state index contributed by atoms with van der Waals surface area (Å²) in [5.41, 5.74) is 0.124. The molecule has 0 spiro atoms. The van der Waals surface area contributed by atoms with Crippen LogP contribution in [0.5, 0.6) is 0 Å². The summed E-state index contributed by atoms with van der Waals surface area (Å²) in [5, 5.41) is 2.74. The van der Waals surface area contributed by atoms with Crippen LogP contribution in [0.1, 0.15) is 37.2 Å². The van der Waals surface area contributed by atoms with Crippen LogP contribution in [0.2, 0.25) is 0 Å². The number of nitrogens with zero attached hydrogens (tertiary/aromatic N) is 2. The maximum atomic E-state index is 12.8. The molecule has 0 fully saturated rings. The lowest BCUT2D eigenvalue weighted by atomic mass is 10.2. The third-order valence-electron chi connectivity index (χ3n) is 3.05. The van der Waals surface area contributed by atoms with Gasteiger partial charge in [-0.1, -0.05) is 6.07 Å². The standard InChI is InChI=1S/C14H22FN3O/c1-11(2)18(3)10-5-4-9-16-14(19)12-7-6-8-13(15)17-12/h6-8,11H,4-5,9-10H2,1-3H3,(H,16,19). The molecule has 0 aliphatic carbocycles. The van der Waals surface area contributed by atoms with E-state index in [2.05, 4.69) is 36.1 Å². The van der Waals surface area contributed by atoms with E-state index in [0.717, 1.165) is 19.4 Å². The first-order valence-electron chi connectivity index (χ1n) is 6.61. The van der Waals surface area contributed by atoms with Gasteiger partial charge in [0.1, 0.15) is 5.69 Å². The SMILES string of the molecule is CC(C)N(C)CCCCNC(=O)c1cccc(F)n1. The summed E-state index contributed by atoms with van der Waals surface area (Å²) in [5.74, 6) is -0.956. The summed E-state index contributed by atoms with van der Waals surface area (Å²) in [6.45, 7) is 5.89. The number of carbonyl (C=O) groups is 1. The van der Waals surface area contributed by atoms with E-state index >= 15 is 0 Å². The van der Waals surface area contributed by atoms with E-state index < -0.39 is 5.95 Å². The van der Waals surface area contributed by atoms with Crippen LogP contribution >= 0.6 is 0 Å². The molecule has 1 heterocycles. The van der Waals surface area contributed by atoms with Crippen molar-refractivity contribution in [3.8, 4) is 0 Å². The summed E-state index contributed by atoms with van der Waals surface area (Å²) in [6.07, 6.45) is 1.92. The number of aromatic nitrogens is 1. The topological polar surface area (TPSA) is 45.2 Å². The molecule has 0 radical (unpaired) electrons. The summed E-state index contributed by atoms with van der Waals surface area (Å²) >= 11 is 0. The van der Waals surface area contributed by atoms with Gasteiger partial charge in [-0.2, -0.15) is 4.39 Å². The van der Waals surface area contributed by atoms with Crippen LogP contribution in [0.3, 0.4) is 0 Å². The van der Waals surface area contributed by atoms with Crippen molar-refractivity contribution in [2.75, 3.05) is 20.1 Å². The number of pyridine rings is 1. The Morgan fingerprint density at radius 2 is 2.16 bits per heavy atom. The van der Waals surface area contributed by atoms with Crippen molar-refractivity contribution >= 4 is 5.91 Å². The van der Waals surface area contributed by atoms with E-state index in [4.69, 9.17) is 0 Å². The first kappa shape index (κ1) is 15.6. The molecule has 0 bridgehead atoms. The first-order valence-corrected chi connectivity index (χ1v) is 6.61. The Balaban J connectivity index is 2.21. The number of nitrogens with one attached hydrogen (secondary N) is 1. The fraction of sp³-hybridized carbons (Fsp3) is 0.571. The zero-order valence-corrected chi connectivity index (χ0v) is 11.8. The number of unbranched alkanes of at least 4 members (excludes halogenated alkanes) is 1. The Labute approximate surface area is 114 Å². The van der Waals surface area contributed by atoms with Crippen LogP contribution in [0, 0.1) is 5.95 Å². The highest BCUT2D eigenvalue weighted by Crippen LogP contribution is 1.99. The molecule has 1 N–H and O–H groups in total. The lowest BCUT2D eigenvalue weighted by Crippen LogP contribution is -2.29. The molecule has 19 heavy (non-hydrogen) atoms. The predicted octanol–water partition coefficient (Wildman–Crippen LogP) is 2.07. The van der Waals surface area contributed by atoms with Crippen molar-refractivity contribution in [2.24, 2.45) is 0 Å². The highest BCUT2D eigenvalue weighted by atomic mass is 19.1. The van der Waals surface area contributed by atoms with Crippen molar-refractivity contribution in [1.82, 2.24) is 15.2 Å². The van der Waals surface area contributed by atoms with Crippen LogP contribution in [-0.2, 0) is 0 Å². The van der Waals surface area contributed by atoms with Gasteiger partial charge in [-0.3, -0.25) is 4.79 Å². The Kier molecular flexibility index (Phi) is 6.42. The molecule has 1 rings (SSSR count). The maximum absolute atomic E-state index is 12.8. The Hall–Kier alpha value is -1.49. The minimum absolute atomic E-state index is 0.124. The minimum atomic E-state index is -0.633. The van der Waals surface area contributed by atoms with Crippen LogP contribution in [0.4, 0.5) is 4.39 Å². The van der Waals surface area contributed by atoms with Gasteiger partial charge in [0, 0.05) is 12.6 Å². The van der Waals surface area contributed by atoms with Gasteiger partial charge >= 0.3 is 0 Å². The summed E-state index contributed by atoms with van der Waals surface area (Å²) < 4.78 is 12.8. The van der Waals surface area contributed by atoms with Gasteiger partial charge in [0.25, 0.3) is 5.91 Å². The van der Waals surface area contributed by atoms with E-state index in [-0.39, 0.29) is 11.6 Å². The molecule has 0 unspecified atom stereocenters. The van der Waals surface area contributed by atoms with Crippen molar-refractivity contribution in [1.29, 1.82) is 0 Å². The number of hydrogen-bond donors (Lipinski definition) is 1. The van der Waals surface area contributed by atoms with Gasteiger partial charge in [0.05, 0.1) is 0 Å². The molecule has 106 valence electrons. The third kappa shape index (κ3) is 5.79. The van der Waals surface area contributed by atoms with Crippen LogP contribution in [0.15, 0.2) is 18.2 Å². The number of halogens is 1. The zero-order valence-electron chi connectivity index (χ0n) is 11.8. The second-order valence-corrected chi connectivity index (χ2v) is 4.88. The van der Waals surface area contributed by atoms with Crippen molar-refractivity contribution in [2.45, 2.75) is 32.7 Å². The average molecular weight is 267 g/mol. The fourth-order valence-electron chi connectivity index (χ4n) is 1.57. The lowest BCUT2D eigenvalue weighted by Gasteiger charge is -2.20. The normalized spacial score (nSPS) is 11.1. The molecule has 1 aromatic rings. The monoisotopic (exact) mass is 267 g/mol. The molecule has 4 nitrogen and oxygen atoms in total. The van der Waals surface area contributed by atoms with Crippen molar-refractivity contribution in [3.63, 3.8) is 0 Å². The molecular formula is C14H22FN3O. The minimum Gasteiger partial charge on any atom is -0.351 e. The van der Waals surface area contributed by atoms with E-state index in [1.54, 1.807) is 0 Å². The molecule has 0 aromatic carbocycles. The van der Waals surface area contributed by atoms with Gasteiger partial charge in [0.15, 0.2) is 0 Å². The summed E-state index contributed by atoms with van der Waals surface area (Å²) in [4.78, 5) is 17.4. The van der Waals surface area contributed by atoms with E-state index in [0.29, 0.717) is 12.6 Å². The number of amides is 1. The van der Waals surface area contributed by atoms with Crippen LogP contribution in [-0.4, -0.2) is 42.0 Å². The molecule has 0 aliphatic rings. The molecule has 0 aliphatic heterocycles. The maximum Gasteiger partial charge on any atom is 0.269 e. The van der Waals surface area contributed by atoms with Gasteiger partial charge < -0.3 is 10.2 Å². The summed E-state index contributed by atoms with van der Waals surface area (Å²) in [6, 6.07) is 4.74. The van der Waals surface area contributed by atoms with Gasteiger partial charge in [-0.15, -0.1) is 0 Å². The molecular weight excluding hydrogens is 245 g/mol. The highest BCUT2D eigenvalue weighted by molar-refractivity contribution is 5.92. The Morgan fingerprint density at radius 3 is 2.79 bits per heavy atom. The Bertz CT molecular complexity index is 409. The first-order chi connectivity index (χ1) is 9.00. The number of rotatable bonds is 7. The third-order valence-corrected chi connectivity index (χ3v) is 3.05. The van der Waals surface area contributed by atoms with Crippen LogP contribution < -0.4 is 5.32 Å². The summed E-state index contributed by atoms with van der Waals surface area (Å²) in [7, 11) is 2.08.